The van der Waals surface area contributed by atoms with Crippen molar-refractivity contribution in [3.63, 3.8) is 0 Å². The van der Waals surface area contributed by atoms with Crippen LogP contribution in [0.4, 0.5) is 0 Å². The Balaban J connectivity index is 1.49. The maximum atomic E-state index is 13.2. The smallest absolute Gasteiger partial charge is 0.254 e. The van der Waals surface area contributed by atoms with Gasteiger partial charge in [-0.25, -0.2) is 0 Å². The van der Waals surface area contributed by atoms with Gasteiger partial charge in [0.05, 0.1) is 25.3 Å². The molecule has 1 aromatic heterocycles. The summed E-state index contributed by atoms with van der Waals surface area (Å²) in [5, 5.41) is 0.924. The number of rotatable bonds is 4. The van der Waals surface area contributed by atoms with Gasteiger partial charge in [-0.2, -0.15) is 0 Å². The zero-order valence-electron chi connectivity index (χ0n) is 15.9. The Morgan fingerprint density at radius 2 is 2.07 bits per heavy atom. The van der Waals surface area contributed by atoms with Crippen molar-refractivity contribution in [3.05, 3.63) is 42.1 Å². The fourth-order valence-corrected chi connectivity index (χ4v) is 4.36. The average molecular weight is 369 g/mol. The number of pyridine rings is 1. The van der Waals surface area contributed by atoms with Crippen LogP contribution in [-0.2, 0) is 9.47 Å². The molecule has 4 rings (SSSR count). The molecule has 3 heterocycles. The Kier molecular flexibility index (Phi) is 5.38. The molecular weight excluding hydrogens is 342 g/mol. The molecule has 27 heavy (non-hydrogen) atoms. The van der Waals surface area contributed by atoms with Gasteiger partial charge in [0.1, 0.15) is 0 Å². The number of morpholine rings is 1. The molecule has 2 aliphatic heterocycles. The molecule has 144 valence electrons. The summed E-state index contributed by atoms with van der Waals surface area (Å²) in [7, 11) is 1.74. The maximum Gasteiger partial charge on any atom is 0.254 e. The normalized spacial score (nSPS) is 20.3. The number of ether oxygens (including phenoxy) is 2. The number of carbonyl (C=O) groups is 1. The molecule has 0 unspecified atom stereocenters. The van der Waals surface area contributed by atoms with Crippen LogP contribution < -0.4 is 0 Å². The lowest BCUT2D eigenvalue weighted by atomic mass is 9.85. The second-order valence-corrected chi connectivity index (χ2v) is 7.42. The minimum absolute atomic E-state index is 0.0356. The van der Waals surface area contributed by atoms with Crippen LogP contribution in [0.25, 0.3) is 10.9 Å². The number of hydrogen-bond donors (Lipinski definition) is 0. The fraction of sp³-hybridized carbons (Fsp3) is 0.524. The Bertz CT molecular complexity index is 797. The monoisotopic (exact) mass is 369 g/mol. The van der Waals surface area contributed by atoms with Gasteiger partial charge in [0.25, 0.3) is 5.91 Å². The summed E-state index contributed by atoms with van der Waals surface area (Å²) in [5.41, 5.74) is 1.64. The Hall–Kier alpha value is -2.02. The summed E-state index contributed by atoms with van der Waals surface area (Å²) >= 11 is 0. The quantitative estimate of drug-likeness (QED) is 0.827. The predicted molar refractivity (Wildman–Crippen MR) is 104 cm³/mol. The van der Waals surface area contributed by atoms with Gasteiger partial charge in [0.2, 0.25) is 0 Å². The van der Waals surface area contributed by atoms with Crippen LogP contribution in [0.3, 0.4) is 0 Å². The van der Waals surface area contributed by atoms with Crippen LogP contribution >= 0.6 is 0 Å². The number of likely N-dealkylation sites (tertiary alicyclic amines) is 1. The number of benzene rings is 1. The molecule has 2 aromatic rings. The molecule has 0 saturated carbocycles. The molecule has 1 aromatic carbocycles. The van der Waals surface area contributed by atoms with Gasteiger partial charge >= 0.3 is 0 Å². The third kappa shape index (κ3) is 3.57. The second kappa shape index (κ2) is 7.92. The van der Waals surface area contributed by atoms with Crippen molar-refractivity contribution < 1.29 is 14.3 Å². The fourth-order valence-electron chi connectivity index (χ4n) is 4.36. The summed E-state index contributed by atoms with van der Waals surface area (Å²) in [5.74, 6) is 0.101. The molecule has 6 nitrogen and oxygen atoms in total. The van der Waals surface area contributed by atoms with Crippen LogP contribution in [0.1, 0.15) is 23.2 Å². The molecule has 0 bridgehead atoms. The third-order valence-corrected chi connectivity index (χ3v) is 5.97. The predicted octanol–water partition coefficient (Wildman–Crippen LogP) is 2.19. The lowest BCUT2D eigenvalue weighted by Gasteiger charge is -2.51. The van der Waals surface area contributed by atoms with E-state index in [0.717, 1.165) is 75.3 Å². The Morgan fingerprint density at radius 3 is 2.89 bits per heavy atom. The number of carbonyl (C=O) groups excluding carboxylic acids is 1. The highest BCUT2D eigenvalue weighted by molar-refractivity contribution is 6.06. The summed E-state index contributed by atoms with van der Waals surface area (Å²) in [6.07, 6.45) is 3.63. The zero-order chi connectivity index (χ0) is 18.7. The van der Waals surface area contributed by atoms with E-state index in [1.165, 1.54) is 0 Å². The van der Waals surface area contributed by atoms with Crippen LogP contribution in [0.5, 0.6) is 0 Å². The SMILES string of the molecule is COCCN1CCOCC12CCN(C(=O)c1cccc3ncccc13)CC2. The van der Waals surface area contributed by atoms with Gasteiger partial charge in [-0.1, -0.05) is 12.1 Å². The first-order chi connectivity index (χ1) is 13.2. The summed E-state index contributed by atoms with van der Waals surface area (Å²) in [6, 6.07) is 9.63. The van der Waals surface area contributed by atoms with Gasteiger partial charge in [0.15, 0.2) is 0 Å². The number of piperidine rings is 1. The first kappa shape index (κ1) is 18.3. The van der Waals surface area contributed by atoms with E-state index < -0.39 is 0 Å². The molecule has 0 aliphatic carbocycles. The van der Waals surface area contributed by atoms with E-state index in [-0.39, 0.29) is 11.4 Å². The highest BCUT2D eigenvalue weighted by atomic mass is 16.5. The first-order valence-corrected chi connectivity index (χ1v) is 9.68. The van der Waals surface area contributed by atoms with E-state index in [9.17, 15) is 4.79 Å². The largest absolute Gasteiger partial charge is 0.383 e. The lowest BCUT2D eigenvalue weighted by molar-refractivity contribution is -0.0968. The summed E-state index contributed by atoms with van der Waals surface area (Å²) in [4.78, 5) is 22.0. The van der Waals surface area contributed by atoms with E-state index in [0.29, 0.717) is 0 Å². The summed E-state index contributed by atoms with van der Waals surface area (Å²) < 4.78 is 11.1. The number of hydrogen-bond acceptors (Lipinski definition) is 5. The van der Waals surface area contributed by atoms with E-state index in [1.54, 1.807) is 13.3 Å². The van der Waals surface area contributed by atoms with Gasteiger partial charge < -0.3 is 14.4 Å². The van der Waals surface area contributed by atoms with Crippen molar-refractivity contribution >= 4 is 16.8 Å². The van der Waals surface area contributed by atoms with Crippen molar-refractivity contribution in [2.45, 2.75) is 18.4 Å². The van der Waals surface area contributed by atoms with Crippen LogP contribution in [0.15, 0.2) is 36.5 Å². The lowest BCUT2D eigenvalue weighted by Crippen LogP contribution is -2.62. The van der Waals surface area contributed by atoms with Gasteiger partial charge in [-0.05, 0) is 31.0 Å². The highest BCUT2D eigenvalue weighted by Crippen LogP contribution is 2.32. The standard InChI is InChI=1S/C21H27N3O3/c1-26-14-12-24-13-15-27-16-21(24)7-10-23(11-8-21)20(25)18-4-2-6-19-17(18)5-3-9-22-19/h2-6,9H,7-8,10-16H2,1H3. The number of amides is 1. The molecular formula is C21H27N3O3. The molecule has 1 spiro atoms. The van der Waals surface area contributed by atoms with Crippen LogP contribution in [-0.4, -0.2) is 79.3 Å². The number of nitrogens with zero attached hydrogens (tertiary/aromatic N) is 3. The van der Waals surface area contributed by atoms with Crippen molar-refractivity contribution in [2.24, 2.45) is 0 Å². The summed E-state index contributed by atoms with van der Waals surface area (Å²) in [6.45, 7) is 5.61. The van der Waals surface area contributed by atoms with Crippen molar-refractivity contribution in [1.82, 2.24) is 14.8 Å². The Morgan fingerprint density at radius 1 is 1.22 bits per heavy atom. The molecule has 6 heteroatoms. The second-order valence-electron chi connectivity index (χ2n) is 7.42. The highest BCUT2D eigenvalue weighted by Gasteiger charge is 2.42. The zero-order valence-corrected chi connectivity index (χ0v) is 15.9. The molecule has 0 N–H and O–H groups in total. The molecule has 1 amide bonds. The number of methoxy groups -OCH3 is 1. The van der Waals surface area contributed by atoms with Crippen molar-refractivity contribution in [3.8, 4) is 0 Å². The van der Waals surface area contributed by atoms with E-state index in [1.807, 2.05) is 35.2 Å². The van der Waals surface area contributed by atoms with Crippen molar-refractivity contribution in [1.29, 1.82) is 0 Å². The molecule has 2 fully saturated rings. The average Bonchev–Trinajstić information content (AvgIpc) is 2.73. The molecule has 2 aliphatic rings. The first-order valence-electron chi connectivity index (χ1n) is 9.68. The van der Waals surface area contributed by atoms with E-state index in [2.05, 4.69) is 9.88 Å². The van der Waals surface area contributed by atoms with Gasteiger partial charge in [-0.15, -0.1) is 0 Å². The van der Waals surface area contributed by atoms with Crippen molar-refractivity contribution in [2.75, 3.05) is 53.1 Å². The van der Waals surface area contributed by atoms with E-state index >= 15 is 0 Å². The third-order valence-electron chi connectivity index (χ3n) is 5.97. The minimum atomic E-state index is 0.0356. The number of aromatic nitrogens is 1. The van der Waals surface area contributed by atoms with Crippen LogP contribution in [0, 0.1) is 0 Å². The molecule has 0 radical (unpaired) electrons. The minimum Gasteiger partial charge on any atom is -0.383 e. The van der Waals surface area contributed by atoms with Gasteiger partial charge in [-0.3, -0.25) is 14.7 Å². The Labute approximate surface area is 160 Å². The topological polar surface area (TPSA) is 54.9 Å². The van der Waals surface area contributed by atoms with Gasteiger partial charge in [0, 0.05) is 56.0 Å². The molecule has 2 saturated heterocycles. The van der Waals surface area contributed by atoms with Crippen LogP contribution in [0.2, 0.25) is 0 Å². The number of fused-ring (bicyclic) bond motifs is 1. The maximum absolute atomic E-state index is 13.2. The van der Waals surface area contributed by atoms with E-state index in [4.69, 9.17) is 9.47 Å². The molecule has 0 atom stereocenters.